The largest absolute Gasteiger partial charge is 0.480 e. The molecule has 0 aliphatic rings. The number of fused-ring (bicyclic) bond motifs is 1. The zero-order chi connectivity index (χ0) is 15.9. The maximum Gasteiger partial charge on any atom is 0.323 e. The van der Waals surface area contributed by atoms with Crippen LogP contribution in [-0.2, 0) is 11.3 Å². The Kier molecular flexibility index (Phi) is 3.29. The maximum atomic E-state index is 12.3. The summed E-state index contributed by atoms with van der Waals surface area (Å²) < 4.78 is 2.63. The summed E-state index contributed by atoms with van der Waals surface area (Å²) in [5.74, 6) is -1.06. The second-order valence-corrected chi connectivity index (χ2v) is 5.28. The number of aryl methyl sites for hydroxylation is 2. The first kappa shape index (κ1) is 14.1. The predicted molar refractivity (Wildman–Crippen MR) is 82.0 cm³/mol. The van der Waals surface area contributed by atoms with E-state index in [4.69, 9.17) is 5.11 Å². The first-order valence-electron chi connectivity index (χ1n) is 6.84. The number of carbonyl (C=O) groups is 1. The van der Waals surface area contributed by atoms with Gasteiger partial charge in [0.25, 0.3) is 5.56 Å². The summed E-state index contributed by atoms with van der Waals surface area (Å²) in [5, 5.41) is 13.2. The molecule has 0 saturated carbocycles. The van der Waals surface area contributed by atoms with Crippen LogP contribution in [0.4, 0.5) is 0 Å². The third-order valence-corrected chi connectivity index (χ3v) is 3.71. The fraction of sp³-hybridized carbons (Fsp3) is 0.188. The number of hydrogen-bond acceptors (Lipinski definition) is 3. The van der Waals surface area contributed by atoms with Gasteiger partial charge in [-0.05, 0) is 37.1 Å². The number of hydrogen-bond donors (Lipinski definition) is 1. The average molecular weight is 297 g/mol. The Morgan fingerprint density at radius 3 is 2.64 bits per heavy atom. The van der Waals surface area contributed by atoms with Crippen LogP contribution in [0, 0.1) is 13.8 Å². The smallest absolute Gasteiger partial charge is 0.323 e. The summed E-state index contributed by atoms with van der Waals surface area (Å²) in [6.07, 6.45) is 3.02. The fourth-order valence-corrected chi connectivity index (χ4v) is 2.34. The molecule has 22 heavy (non-hydrogen) atoms. The van der Waals surface area contributed by atoms with Gasteiger partial charge in [0.05, 0.1) is 5.69 Å². The Morgan fingerprint density at radius 1 is 1.18 bits per heavy atom. The summed E-state index contributed by atoms with van der Waals surface area (Å²) in [7, 11) is 0. The van der Waals surface area contributed by atoms with Crippen molar-refractivity contribution < 1.29 is 9.90 Å². The van der Waals surface area contributed by atoms with Crippen molar-refractivity contribution >= 4 is 11.5 Å². The van der Waals surface area contributed by atoms with Gasteiger partial charge in [0.2, 0.25) is 0 Å². The molecule has 0 atom stereocenters. The van der Waals surface area contributed by atoms with E-state index in [0.717, 1.165) is 15.7 Å². The molecule has 0 aliphatic heterocycles. The van der Waals surface area contributed by atoms with Gasteiger partial charge in [-0.25, -0.2) is 4.52 Å². The van der Waals surface area contributed by atoms with Crippen LogP contribution in [0.1, 0.15) is 11.1 Å². The SMILES string of the molecule is Cc1ccc(-c2cc3c(=O)n(CC(=O)O)ccn3n2)cc1C. The highest BCUT2D eigenvalue weighted by Crippen LogP contribution is 2.21. The van der Waals surface area contributed by atoms with Crippen LogP contribution in [0.15, 0.2) is 41.5 Å². The summed E-state index contributed by atoms with van der Waals surface area (Å²) in [6, 6.07) is 7.68. The Bertz CT molecular complexity index is 937. The van der Waals surface area contributed by atoms with Crippen molar-refractivity contribution in [3.05, 3.63) is 58.1 Å². The molecule has 0 fully saturated rings. The third kappa shape index (κ3) is 2.39. The van der Waals surface area contributed by atoms with Crippen molar-refractivity contribution in [2.24, 2.45) is 0 Å². The van der Waals surface area contributed by atoms with E-state index in [2.05, 4.69) is 5.10 Å². The van der Waals surface area contributed by atoms with Crippen LogP contribution >= 0.6 is 0 Å². The molecule has 112 valence electrons. The molecule has 0 amide bonds. The van der Waals surface area contributed by atoms with E-state index >= 15 is 0 Å². The fourth-order valence-electron chi connectivity index (χ4n) is 2.34. The number of rotatable bonds is 3. The van der Waals surface area contributed by atoms with Gasteiger partial charge in [-0.3, -0.25) is 9.59 Å². The van der Waals surface area contributed by atoms with Gasteiger partial charge in [0, 0.05) is 18.0 Å². The summed E-state index contributed by atoms with van der Waals surface area (Å²) in [4.78, 5) is 23.0. The molecule has 6 nitrogen and oxygen atoms in total. The third-order valence-electron chi connectivity index (χ3n) is 3.71. The highest BCUT2D eigenvalue weighted by Gasteiger charge is 2.11. The van der Waals surface area contributed by atoms with E-state index in [1.165, 1.54) is 16.3 Å². The molecule has 0 bridgehead atoms. The first-order valence-corrected chi connectivity index (χ1v) is 6.84. The molecule has 0 aliphatic carbocycles. The molecule has 3 aromatic rings. The van der Waals surface area contributed by atoms with Crippen LogP contribution in [0.5, 0.6) is 0 Å². The summed E-state index contributed by atoms with van der Waals surface area (Å²) in [6.45, 7) is 3.70. The van der Waals surface area contributed by atoms with Crippen LogP contribution in [0.25, 0.3) is 16.8 Å². The molecular formula is C16H15N3O3. The molecule has 0 saturated heterocycles. The molecule has 1 N–H and O–H groups in total. The van der Waals surface area contributed by atoms with Gasteiger partial charge in [-0.1, -0.05) is 12.1 Å². The van der Waals surface area contributed by atoms with Crippen molar-refractivity contribution in [1.82, 2.24) is 14.2 Å². The first-order chi connectivity index (χ1) is 10.5. The van der Waals surface area contributed by atoms with Gasteiger partial charge in [-0.2, -0.15) is 5.10 Å². The van der Waals surface area contributed by atoms with Gasteiger partial charge >= 0.3 is 5.97 Å². The second-order valence-electron chi connectivity index (χ2n) is 5.28. The van der Waals surface area contributed by atoms with E-state index in [1.807, 2.05) is 32.0 Å². The van der Waals surface area contributed by atoms with Gasteiger partial charge in [0.1, 0.15) is 12.1 Å². The quantitative estimate of drug-likeness (QED) is 0.800. The Labute approximate surface area is 126 Å². The Balaban J connectivity index is 2.13. The van der Waals surface area contributed by atoms with E-state index in [9.17, 15) is 9.59 Å². The Hall–Kier alpha value is -2.89. The lowest BCUT2D eigenvalue weighted by Crippen LogP contribution is -2.24. The number of carboxylic acid groups (broad SMARTS) is 1. The number of aromatic nitrogens is 3. The topological polar surface area (TPSA) is 76.6 Å². The van der Waals surface area contributed by atoms with Crippen molar-refractivity contribution in [3.63, 3.8) is 0 Å². The van der Waals surface area contributed by atoms with Crippen molar-refractivity contribution in [2.75, 3.05) is 0 Å². The minimum Gasteiger partial charge on any atom is -0.480 e. The van der Waals surface area contributed by atoms with Crippen LogP contribution in [0.3, 0.4) is 0 Å². The van der Waals surface area contributed by atoms with Gasteiger partial charge in [-0.15, -0.1) is 0 Å². The van der Waals surface area contributed by atoms with Crippen molar-refractivity contribution in [1.29, 1.82) is 0 Å². The summed E-state index contributed by atoms with van der Waals surface area (Å²) >= 11 is 0. The average Bonchev–Trinajstić information content (AvgIpc) is 2.89. The Morgan fingerprint density at radius 2 is 1.95 bits per heavy atom. The normalized spacial score (nSPS) is 11.0. The van der Waals surface area contributed by atoms with Gasteiger partial charge < -0.3 is 9.67 Å². The second kappa shape index (κ2) is 5.14. The molecule has 0 radical (unpaired) electrons. The number of aliphatic carboxylic acids is 1. The molecule has 2 heterocycles. The number of carboxylic acids is 1. The molecule has 2 aromatic heterocycles. The molecule has 0 spiro atoms. The van der Waals surface area contributed by atoms with Crippen molar-refractivity contribution in [2.45, 2.75) is 20.4 Å². The number of nitrogens with zero attached hydrogens (tertiary/aromatic N) is 3. The predicted octanol–water partition coefficient (Wildman–Crippen LogP) is 1.86. The van der Waals surface area contributed by atoms with E-state index < -0.39 is 5.97 Å². The minimum absolute atomic E-state index is 0.358. The van der Waals surface area contributed by atoms with Crippen LogP contribution in [0.2, 0.25) is 0 Å². The lowest BCUT2D eigenvalue weighted by atomic mass is 10.0. The highest BCUT2D eigenvalue weighted by molar-refractivity contribution is 5.68. The van der Waals surface area contributed by atoms with Gasteiger partial charge in [0.15, 0.2) is 0 Å². The lowest BCUT2D eigenvalue weighted by Gasteiger charge is -2.02. The van der Waals surface area contributed by atoms with E-state index in [-0.39, 0.29) is 12.1 Å². The van der Waals surface area contributed by atoms with Crippen molar-refractivity contribution in [3.8, 4) is 11.3 Å². The monoisotopic (exact) mass is 297 g/mol. The molecule has 1 aromatic carbocycles. The van der Waals surface area contributed by atoms with Crippen LogP contribution < -0.4 is 5.56 Å². The lowest BCUT2D eigenvalue weighted by molar-refractivity contribution is -0.137. The number of benzene rings is 1. The highest BCUT2D eigenvalue weighted by atomic mass is 16.4. The van der Waals surface area contributed by atoms with E-state index in [0.29, 0.717) is 11.2 Å². The van der Waals surface area contributed by atoms with E-state index in [1.54, 1.807) is 12.3 Å². The molecule has 6 heteroatoms. The molecular weight excluding hydrogens is 282 g/mol. The minimum atomic E-state index is -1.06. The zero-order valence-corrected chi connectivity index (χ0v) is 12.3. The van der Waals surface area contributed by atoms with Crippen LogP contribution in [-0.4, -0.2) is 25.3 Å². The molecule has 3 rings (SSSR count). The summed E-state index contributed by atoms with van der Waals surface area (Å²) in [5.41, 5.74) is 3.95. The maximum absolute atomic E-state index is 12.3. The zero-order valence-electron chi connectivity index (χ0n) is 12.3. The molecule has 0 unspecified atom stereocenters. The standard InChI is InChI=1S/C16H15N3O3/c1-10-3-4-12(7-11(10)2)13-8-14-16(22)18(9-15(20)21)5-6-19(14)17-13/h3-8H,9H2,1-2H3,(H,20,21).